The Morgan fingerprint density at radius 3 is 2.23 bits per heavy atom. The van der Waals surface area contributed by atoms with Crippen molar-refractivity contribution < 1.29 is 27.5 Å². The van der Waals surface area contributed by atoms with Gasteiger partial charge >= 0.3 is 12.1 Å². The molecule has 0 aliphatic rings. The number of ether oxygens (including phenoxy) is 1. The molecule has 2 aromatic rings. The number of carbonyl (C=O) groups excluding carboxylic acids is 2. The molecule has 0 unspecified atom stereocenters. The van der Waals surface area contributed by atoms with Crippen LogP contribution in [-0.4, -0.2) is 18.5 Å². The van der Waals surface area contributed by atoms with Crippen molar-refractivity contribution in [3.8, 4) is 0 Å². The van der Waals surface area contributed by atoms with Crippen molar-refractivity contribution in [2.75, 3.05) is 11.9 Å². The second kappa shape index (κ2) is 8.03. The average molecular weight is 365 g/mol. The molecule has 2 aromatic carbocycles. The highest BCUT2D eigenvalue weighted by Gasteiger charge is 2.34. The molecule has 138 valence electrons. The summed E-state index contributed by atoms with van der Waals surface area (Å²) in [5.74, 6) is -1.18. The van der Waals surface area contributed by atoms with Gasteiger partial charge in [0, 0.05) is 5.69 Å². The molecule has 26 heavy (non-hydrogen) atoms. The van der Waals surface area contributed by atoms with E-state index in [1.807, 2.05) is 13.8 Å². The fraction of sp³-hybridized carbons (Fsp3) is 0.263. The number of hydrogen-bond acceptors (Lipinski definition) is 3. The van der Waals surface area contributed by atoms with E-state index in [4.69, 9.17) is 4.74 Å². The van der Waals surface area contributed by atoms with Crippen LogP contribution in [0.2, 0.25) is 0 Å². The molecule has 4 nitrogen and oxygen atoms in total. The van der Waals surface area contributed by atoms with Gasteiger partial charge in [0.15, 0.2) is 0 Å². The summed E-state index contributed by atoms with van der Waals surface area (Å²) < 4.78 is 44.0. The van der Waals surface area contributed by atoms with E-state index in [1.165, 1.54) is 36.4 Å². The van der Waals surface area contributed by atoms with Crippen LogP contribution < -0.4 is 5.32 Å². The van der Waals surface area contributed by atoms with Gasteiger partial charge in [-0.2, -0.15) is 13.2 Å². The zero-order chi connectivity index (χ0) is 19.3. The molecule has 0 atom stereocenters. The zero-order valence-corrected chi connectivity index (χ0v) is 14.3. The summed E-state index contributed by atoms with van der Waals surface area (Å²) in [5, 5.41) is 2.40. The minimum absolute atomic E-state index is 0.200. The third kappa shape index (κ3) is 5.08. The van der Waals surface area contributed by atoms with Crippen LogP contribution in [0.3, 0.4) is 0 Å². The number of benzene rings is 2. The molecule has 0 fully saturated rings. The number of halogens is 3. The lowest BCUT2D eigenvalue weighted by Gasteiger charge is -2.13. The van der Waals surface area contributed by atoms with E-state index in [1.54, 1.807) is 0 Å². The number of rotatable bonds is 5. The highest BCUT2D eigenvalue weighted by molar-refractivity contribution is 6.05. The van der Waals surface area contributed by atoms with Gasteiger partial charge in [-0.3, -0.25) is 4.79 Å². The molecule has 0 radical (unpaired) electrons. The van der Waals surface area contributed by atoms with Crippen LogP contribution in [0.4, 0.5) is 18.9 Å². The Morgan fingerprint density at radius 2 is 1.65 bits per heavy atom. The number of alkyl halides is 3. The quantitative estimate of drug-likeness (QED) is 0.777. The van der Waals surface area contributed by atoms with Crippen molar-refractivity contribution in [2.45, 2.75) is 20.0 Å². The largest absolute Gasteiger partial charge is 0.462 e. The second-order valence-electron chi connectivity index (χ2n) is 6.07. The maximum absolute atomic E-state index is 13.0. The first-order chi connectivity index (χ1) is 12.2. The van der Waals surface area contributed by atoms with Gasteiger partial charge in [-0.1, -0.05) is 26.0 Å². The lowest BCUT2D eigenvalue weighted by atomic mass is 10.1. The molecule has 1 amide bonds. The summed E-state index contributed by atoms with van der Waals surface area (Å²) in [5.41, 5.74) is -0.918. The Morgan fingerprint density at radius 1 is 1.04 bits per heavy atom. The summed E-state index contributed by atoms with van der Waals surface area (Å²) >= 11 is 0. The third-order valence-electron chi connectivity index (χ3n) is 3.40. The smallest absolute Gasteiger partial charge is 0.417 e. The first-order valence-electron chi connectivity index (χ1n) is 7.93. The summed E-state index contributed by atoms with van der Waals surface area (Å²) in [6.45, 7) is 4.10. The number of anilines is 1. The molecular weight excluding hydrogens is 347 g/mol. The first-order valence-corrected chi connectivity index (χ1v) is 7.93. The van der Waals surface area contributed by atoms with Gasteiger partial charge < -0.3 is 10.1 Å². The van der Waals surface area contributed by atoms with Gasteiger partial charge in [0.05, 0.1) is 23.3 Å². The summed E-state index contributed by atoms with van der Waals surface area (Å²) in [6.07, 6.45) is -4.63. The fourth-order valence-corrected chi connectivity index (χ4v) is 2.14. The molecule has 0 saturated heterocycles. The van der Waals surface area contributed by atoms with Crippen LogP contribution in [0.1, 0.15) is 40.1 Å². The molecule has 2 rings (SSSR count). The van der Waals surface area contributed by atoms with E-state index in [0.29, 0.717) is 5.56 Å². The number of carbonyl (C=O) groups is 2. The molecular formula is C19H18F3NO3. The van der Waals surface area contributed by atoms with Gasteiger partial charge in [0.2, 0.25) is 0 Å². The Balaban J connectivity index is 2.10. The molecule has 0 aromatic heterocycles. The second-order valence-corrected chi connectivity index (χ2v) is 6.07. The normalized spacial score (nSPS) is 11.3. The molecule has 0 bridgehead atoms. The van der Waals surface area contributed by atoms with E-state index < -0.39 is 29.2 Å². The van der Waals surface area contributed by atoms with Gasteiger partial charge in [-0.15, -0.1) is 0 Å². The van der Waals surface area contributed by atoms with Crippen LogP contribution in [0.15, 0.2) is 48.5 Å². The molecule has 0 saturated carbocycles. The Kier molecular flexibility index (Phi) is 6.02. The van der Waals surface area contributed by atoms with Crippen molar-refractivity contribution in [2.24, 2.45) is 5.92 Å². The molecule has 0 aliphatic heterocycles. The van der Waals surface area contributed by atoms with Crippen LogP contribution in [0.25, 0.3) is 0 Å². The lowest BCUT2D eigenvalue weighted by Crippen LogP contribution is -2.18. The number of nitrogens with one attached hydrogen (secondary N) is 1. The van der Waals surface area contributed by atoms with E-state index >= 15 is 0 Å². The monoisotopic (exact) mass is 365 g/mol. The van der Waals surface area contributed by atoms with Crippen molar-refractivity contribution in [3.05, 3.63) is 65.2 Å². The SMILES string of the molecule is CC(C)COC(=O)c1ccc(NC(=O)c2ccccc2C(F)(F)F)cc1. The minimum Gasteiger partial charge on any atom is -0.462 e. The summed E-state index contributed by atoms with van der Waals surface area (Å²) in [7, 11) is 0. The highest BCUT2D eigenvalue weighted by atomic mass is 19.4. The molecule has 7 heteroatoms. The molecule has 1 N–H and O–H groups in total. The van der Waals surface area contributed by atoms with Crippen molar-refractivity contribution >= 4 is 17.6 Å². The zero-order valence-electron chi connectivity index (χ0n) is 14.3. The third-order valence-corrected chi connectivity index (χ3v) is 3.40. The predicted octanol–water partition coefficient (Wildman–Crippen LogP) is 4.77. The summed E-state index contributed by atoms with van der Waals surface area (Å²) in [4.78, 5) is 24.0. The summed E-state index contributed by atoms with van der Waals surface area (Å²) in [6, 6.07) is 10.3. The van der Waals surface area contributed by atoms with Gasteiger partial charge in [0.25, 0.3) is 5.91 Å². The Labute approximate surface area is 149 Å². The number of hydrogen-bond donors (Lipinski definition) is 1. The first kappa shape index (κ1) is 19.5. The van der Waals surface area contributed by atoms with Crippen molar-refractivity contribution in [1.29, 1.82) is 0 Å². The lowest BCUT2D eigenvalue weighted by molar-refractivity contribution is -0.137. The maximum atomic E-state index is 13.0. The maximum Gasteiger partial charge on any atom is 0.417 e. The van der Waals surface area contributed by atoms with Crippen LogP contribution in [-0.2, 0) is 10.9 Å². The number of esters is 1. The van der Waals surface area contributed by atoms with Crippen LogP contribution >= 0.6 is 0 Å². The van der Waals surface area contributed by atoms with Crippen molar-refractivity contribution in [3.63, 3.8) is 0 Å². The van der Waals surface area contributed by atoms with E-state index in [9.17, 15) is 22.8 Å². The topological polar surface area (TPSA) is 55.4 Å². The van der Waals surface area contributed by atoms with Crippen LogP contribution in [0.5, 0.6) is 0 Å². The van der Waals surface area contributed by atoms with Crippen molar-refractivity contribution in [1.82, 2.24) is 0 Å². The van der Waals surface area contributed by atoms with Gasteiger partial charge in [-0.25, -0.2) is 4.79 Å². The number of amides is 1. The fourth-order valence-electron chi connectivity index (χ4n) is 2.14. The Bertz CT molecular complexity index is 783. The van der Waals surface area contributed by atoms with Gasteiger partial charge in [-0.05, 0) is 42.3 Å². The average Bonchev–Trinajstić information content (AvgIpc) is 2.59. The molecule has 0 heterocycles. The van der Waals surface area contributed by atoms with Gasteiger partial charge in [0.1, 0.15) is 0 Å². The van der Waals surface area contributed by atoms with Crippen LogP contribution in [0, 0.1) is 5.92 Å². The Hall–Kier alpha value is -2.83. The molecule has 0 spiro atoms. The molecule has 0 aliphatic carbocycles. The minimum atomic E-state index is -4.63. The van der Waals surface area contributed by atoms with E-state index in [-0.39, 0.29) is 18.2 Å². The highest BCUT2D eigenvalue weighted by Crippen LogP contribution is 2.32. The van der Waals surface area contributed by atoms with E-state index in [2.05, 4.69) is 5.32 Å². The predicted molar refractivity (Wildman–Crippen MR) is 91.0 cm³/mol. The van der Waals surface area contributed by atoms with E-state index in [0.717, 1.165) is 12.1 Å². The standard InChI is InChI=1S/C19H18F3NO3/c1-12(2)11-26-18(25)13-7-9-14(10-8-13)23-17(24)15-5-3-4-6-16(15)19(20,21)22/h3-10,12H,11H2,1-2H3,(H,23,24).